The van der Waals surface area contributed by atoms with E-state index in [-0.39, 0.29) is 12.5 Å². The molecular weight excluding hydrogens is 370 g/mol. The number of aliphatic hydroxyl groups excluding tert-OH is 1. The number of nitrogens with one attached hydrogen (secondary N) is 1. The lowest BCUT2D eigenvalue weighted by Crippen LogP contribution is -2.54. The van der Waals surface area contributed by atoms with Gasteiger partial charge in [-0.15, -0.1) is 0 Å². The number of carbonyl (C=O) groups is 1. The molecular formula is C21H25N5O3. The number of aliphatic hydroxyl groups is 1. The van der Waals surface area contributed by atoms with E-state index < -0.39 is 5.54 Å². The van der Waals surface area contributed by atoms with E-state index in [1.807, 2.05) is 10.9 Å². The van der Waals surface area contributed by atoms with Gasteiger partial charge in [-0.05, 0) is 44.4 Å². The van der Waals surface area contributed by atoms with E-state index in [0.29, 0.717) is 55.3 Å². The topological polar surface area (TPSA) is 102 Å². The lowest BCUT2D eigenvalue weighted by molar-refractivity contribution is 0.0124. The number of ether oxygens (including phenoxy) is 1. The number of amides is 1. The fourth-order valence-electron chi connectivity index (χ4n) is 4.89. The van der Waals surface area contributed by atoms with Crippen LogP contribution in [0.15, 0.2) is 12.4 Å². The van der Waals surface area contributed by atoms with Gasteiger partial charge in [0.2, 0.25) is 0 Å². The number of fused-ring (bicyclic) bond motifs is 3. The van der Waals surface area contributed by atoms with E-state index in [2.05, 4.69) is 20.4 Å². The van der Waals surface area contributed by atoms with E-state index in [0.717, 1.165) is 29.8 Å². The van der Waals surface area contributed by atoms with Crippen molar-refractivity contribution in [1.82, 2.24) is 25.1 Å². The van der Waals surface area contributed by atoms with Crippen LogP contribution in [0.25, 0.3) is 5.82 Å². The molecule has 3 heterocycles. The van der Waals surface area contributed by atoms with Gasteiger partial charge in [-0.1, -0.05) is 0 Å². The van der Waals surface area contributed by atoms with Crippen molar-refractivity contribution in [3.8, 4) is 5.82 Å². The Morgan fingerprint density at radius 3 is 2.79 bits per heavy atom. The van der Waals surface area contributed by atoms with Crippen molar-refractivity contribution in [3.05, 3.63) is 35.0 Å². The van der Waals surface area contributed by atoms with Crippen LogP contribution in [-0.4, -0.2) is 56.1 Å². The minimum absolute atomic E-state index is 0.0929. The molecule has 0 bridgehead atoms. The predicted octanol–water partition coefficient (Wildman–Crippen LogP) is 1.47. The first-order chi connectivity index (χ1) is 14.2. The Balaban J connectivity index is 1.33. The Labute approximate surface area is 168 Å². The summed E-state index contributed by atoms with van der Waals surface area (Å²) in [6.45, 7) is 0.991. The summed E-state index contributed by atoms with van der Waals surface area (Å²) in [5, 5.41) is 17.7. The maximum Gasteiger partial charge on any atom is 0.272 e. The van der Waals surface area contributed by atoms with Gasteiger partial charge in [-0.25, -0.2) is 9.67 Å². The summed E-state index contributed by atoms with van der Waals surface area (Å²) < 4.78 is 7.24. The van der Waals surface area contributed by atoms with Crippen LogP contribution in [0.1, 0.15) is 71.4 Å². The van der Waals surface area contributed by atoms with Crippen molar-refractivity contribution in [2.24, 2.45) is 5.92 Å². The molecule has 0 spiro atoms. The van der Waals surface area contributed by atoms with Gasteiger partial charge in [0.15, 0.2) is 11.5 Å². The summed E-state index contributed by atoms with van der Waals surface area (Å²) >= 11 is 0. The second kappa shape index (κ2) is 6.34. The van der Waals surface area contributed by atoms with Crippen molar-refractivity contribution in [2.45, 2.75) is 55.9 Å². The zero-order chi connectivity index (χ0) is 19.6. The van der Waals surface area contributed by atoms with Gasteiger partial charge in [0.25, 0.3) is 5.91 Å². The fraction of sp³-hybridized carbons (Fsp3) is 0.619. The van der Waals surface area contributed by atoms with Crippen molar-refractivity contribution < 1.29 is 14.6 Å². The lowest BCUT2D eigenvalue weighted by Gasteiger charge is -2.36. The third-order valence-electron chi connectivity index (χ3n) is 6.98. The standard InChI is InChI=1S/C21H25N5O3/c27-11-21(3-5-29-6-4-21)24-20(28)18-15-8-13-7-14(13)19(15)26(25-18)17-10-22-16(9-23-17)12-1-2-12/h9-10,12-14,27H,1-8,11H2,(H,24,28)/t13-,14-/m1/s1. The average molecular weight is 395 g/mol. The van der Waals surface area contributed by atoms with Crippen LogP contribution in [0.5, 0.6) is 0 Å². The number of hydrogen-bond donors (Lipinski definition) is 2. The molecule has 1 saturated heterocycles. The minimum atomic E-state index is -0.626. The Bertz CT molecular complexity index is 959. The highest BCUT2D eigenvalue weighted by molar-refractivity contribution is 5.95. The maximum atomic E-state index is 13.2. The molecule has 0 aromatic carbocycles. The van der Waals surface area contributed by atoms with Crippen LogP contribution in [-0.2, 0) is 11.2 Å². The third-order valence-corrected chi connectivity index (χ3v) is 6.98. The van der Waals surface area contributed by atoms with Crippen molar-refractivity contribution in [1.29, 1.82) is 0 Å². The van der Waals surface area contributed by atoms with Crippen LogP contribution in [0.3, 0.4) is 0 Å². The first-order valence-corrected chi connectivity index (χ1v) is 10.6. The highest BCUT2D eigenvalue weighted by atomic mass is 16.5. The van der Waals surface area contributed by atoms with Gasteiger partial charge in [0.1, 0.15) is 0 Å². The molecule has 29 heavy (non-hydrogen) atoms. The summed E-state index contributed by atoms with van der Waals surface area (Å²) in [5.74, 6) is 2.12. The van der Waals surface area contributed by atoms with E-state index in [1.54, 1.807) is 6.20 Å². The quantitative estimate of drug-likeness (QED) is 0.795. The predicted molar refractivity (Wildman–Crippen MR) is 103 cm³/mol. The number of carbonyl (C=O) groups excluding carboxylic acids is 1. The van der Waals surface area contributed by atoms with Crippen molar-refractivity contribution in [2.75, 3.05) is 19.8 Å². The summed E-state index contributed by atoms with van der Waals surface area (Å²) in [7, 11) is 0. The van der Waals surface area contributed by atoms with Gasteiger partial charge in [0.05, 0.1) is 35.9 Å². The monoisotopic (exact) mass is 395 g/mol. The van der Waals surface area contributed by atoms with Gasteiger partial charge in [0, 0.05) is 30.6 Å². The fourth-order valence-corrected chi connectivity index (χ4v) is 4.89. The molecule has 2 aromatic heterocycles. The van der Waals surface area contributed by atoms with E-state index in [1.165, 1.54) is 12.8 Å². The zero-order valence-electron chi connectivity index (χ0n) is 16.3. The first kappa shape index (κ1) is 17.5. The second-order valence-corrected chi connectivity index (χ2v) is 9.01. The van der Waals surface area contributed by atoms with Crippen LogP contribution in [0.4, 0.5) is 0 Å². The van der Waals surface area contributed by atoms with E-state index >= 15 is 0 Å². The SMILES string of the molecule is O=C(NC1(CO)CCOCC1)c1nn(-c2cnc(C3CC3)cn2)c2c1C[C@H]1C[C@@H]21. The minimum Gasteiger partial charge on any atom is -0.394 e. The number of aromatic nitrogens is 4. The van der Waals surface area contributed by atoms with Gasteiger partial charge in [-0.2, -0.15) is 5.10 Å². The van der Waals surface area contributed by atoms with Crippen molar-refractivity contribution in [3.63, 3.8) is 0 Å². The highest BCUT2D eigenvalue weighted by Gasteiger charge is 2.50. The second-order valence-electron chi connectivity index (χ2n) is 9.01. The Kier molecular flexibility index (Phi) is 3.83. The van der Waals surface area contributed by atoms with Crippen LogP contribution in [0, 0.1) is 5.92 Å². The molecule has 2 saturated carbocycles. The Morgan fingerprint density at radius 2 is 2.10 bits per heavy atom. The highest BCUT2D eigenvalue weighted by Crippen LogP contribution is 2.57. The summed E-state index contributed by atoms with van der Waals surface area (Å²) in [5.41, 5.74) is 3.05. The number of rotatable bonds is 5. The first-order valence-electron chi connectivity index (χ1n) is 10.6. The normalized spacial score (nSPS) is 26.7. The lowest BCUT2D eigenvalue weighted by atomic mass is 9.90. The molecule has 8 nitrogen and oxygen atoms in total. The molecule has 3 fully saturated rings. The molecule has 4 aliphatic rings. The molecule has 6 rings (SSSR count). The molecule has 2 N–H and O–H groups in total. The van der Waals surface area contributed by atoms with E-state index in [9.17, 15) is 9.90 Å². The van der Waals surface area contributed by atoms with E-state index in [4.69, 9.17) is 4.74 Å². The summed E-state index contributed by atoms with van der Waals surface area (Å²) in [6, 6.07) is 0. The molecule has 0 unspecified atom stereocenters. The van der Waals surface area contributed by atoms with Gasteiger partial charge >= 0.3 is 0 Å². The Morgan fingerprint density at radius 1 is 1.28 bits per heavy atom. The third kappa shape index (κ3) is 2.88. The number of nitrogens with zero attached hydrogens (tertiary/aromatic N) is 4. The molecule has 3 aliphatic carbocycles. The molecule has 2 atom stereocenters. The van der Waals surface area contributed by atoms with Crippen LogP contribution in [0.2, 0.25) is 0 Å². The molecule has 152 valence electrons. The molecule has 8 heteroatoms. The number of hydrogen-bond acceptors (Lipinski definition) is 6. The molecule has 2 aromatic rings. The zero-order valence-corrected chi connectivity index (χ0v) is 16.3. The molecule has 1 aliphatic heterocycles. The smallest absolute Gasteiger partial charge is 0.272 e. The molecule has 0 radical (unpaired) electrons. The summed E-state index contributed by atoms with van der Waals surface area (Å²) in [6.07, 6.45) is 9.29. The van der Waals surface area contributed by atoms with Crippen LogP contribution < -0.4 is 5.32 Å². The average Bonchev–Trinajstić information content (AvgIpc) is 3.67. The molecule has 1 amide bonds. The maximum absolute atomic E-state index is 13.2. The van der Waals surface area contributed by atoms with Crippen molar-refractivity contribution >= 4 is 5.91 Å². The van der Waals surface area contributed by atoms with Crippen LogP contribution >= 0.6 is 0 Å². The van der Waals surface area contributed by atoms with Gasteiger partial charge in [-0.3, -0.25) is 9.78 Å². The Hall–Kier alpha value is -2.32. The summed E-state index contributed by atoms with van der Waals surface area (Å²) in [4.78, 5) is 22.4. The largest absolute Gasteiger partial charge is 0.394 e. The van der Waals surface area contributed by atoms with Gasteiger partial charge < -0.3 is 15.2 Å².